The second kappa shape index (κ2) is 9.97. The number of hydrogen-bond acceptors (Lipinski definition) is 5. The van der Waals surface area contributed by atoms with Gasteiger partial charge in [0.1, 0.15) is 0 Å². The molecule has 5 nitrogen and oxygen atoms in total. The minimum Gasteiger partial charge on any atom is -0.454 e. The van der Waals surface area contributed by atoms with Crippen molar-refractivity contribution in [2.45, 2.75) is 31.7 Å². The molecule has 0 saturated carbocycles. The van der Waals surface area contributed by atoms with Gasteiger partial charge in [-0.1, -0.05) is 11.6 Å². The van der Waals surface area contributed by atoms with Gasteiger partial charge in [-0.25, -0.2) is 4.79 Å². The molecule has 0 aliphatic heterocycles. The third-order valence-electron chi connectivity index (χ3n) is 4.33. The number of carbonyl (C=O) groups excluding carboxylic acids is 2. The lowest BCUT2D eigenvalue weighted by atomic mass is 10.1. The summed E-state index contributed by atoms with van der Waals surface area (Å²) in [5, 5.41) is 0.307. The van der Waals surface area contributed by atoms with Gasteiger partial charge in [0.25, 0.3) is 0 Å². The summed E-state index contributed by atoms with van der Waals surface area (Å²) in [5.41, 5.74) is 2.70. The number of methoxy groups -OCH3 is 1. The van der Waals surface area contributed by atoms with Crippen LogP contribution < -0.4 is 0 Å². The number of aromatic nitrogens is 1. The Hall–Kier alpha value is -1.76. The quantitative estimate of drug-likeness (QED) is 0.263. The molecule has 0 aliphatic carbocycles. The fraction of sp³-hybridized carbons (Fsp3) is 0.400. The molecule has 0 atom stereocenters. The van der Waals surface area contributed by atoms with Gasteiger partial charge in [0.15, 0.2) is 6.61 Å². The Kier molecular flexibility index (Phi) is 7.95. The Morgan fingerprint density at radius 2 is 1.93 bits per heavy atom. The third kappa shape index (κ3) is 5.37. The third-order valence-corrected chi connectivity index (χ3v) is 5.39. The monoisotopic (exact) mass is 409 g/mol. The van der Waals surface area contributed by atoms with E-state index in [-0.39, 0.29) is 18.0 Å². The van der Waals surface area contributed by atoms with Gasteiger partial charge >= 0.3 is 5.97 Å². The largest absolute Gasteiger partial charge is 0.454 e. The molecule has 0 N–H and O–H groups in total. The van der Waals surface area contributed by atoms with Gasteiger partial charge in [-0.15, -0.1) is 11.8 Å². The van der Waals surface area contributed by atoms with Gasteiger partial charge in [-0.3, -0.25) is 4.79 Å². The zero-order valence-corrected chi connectivity index (χ0v) is 17.6. The van der Waals surface area contributed by atoms with Crippen LogP contribution in [0.4, 0.5) is 0 Å². The number of rotatable bonds is 9. The van der Waals surface area contributed by atoms with Crippen LogP contribution >= 0.6 is 23.4 Å². The summed E-state index contributed by atoms with van der Waals surface area (Å²) in [6.45, 7) is 4.97. The average Bonchev–Trinajstić information content (AvgIpc) is 2.94. The van der Waals surface area contributed by atoms with Crippen molar-refractivity contribution in [1.29, 1.82) is 0 Å². The molecule has 0 fully saturated rings. The van der Waals surface area contributed by atoms with Crippen molar-refractivity contribution < 1.29 is 19.1 Å². The normalized spacial score (nSPS) is 10.9. The number of hydrogen-bond donors (Lipinski definition) is 0. The van der Waals surface area contributed by atoms with Gasteiger partial charge in [0.2, 0.25) is 5.78 Å². The first-order valence-corrected chi connectivity index (χ1v) is 10.2. The lowest BCUT2D eigenvalue weighted by Crippen LogP contribution is -2.15. The number of benzene rings is 1. The highest BCUT2D eigenvalue weighted by Gasteiger charge is 2.19. The number of Topliss-reactive ketones (excluding diaryl/α,β-unsaturated/α-hetero) is 1. The van der Waals surface area contributed by atoms with E-state index < -0.39 is 5.97 Å². The van der Waals surface area contributed by atoms with E-state index in [1.807, 2.05) is 32.2 Å². The van der Waals surface area contributed by atoms with Crippen LogP contribution in [0.25, 0.3) is 0 Å². The average molecular weight is 410 g/mol. The summed E-state index contributed by atoms with van der Waals surface area (Å²) in [7, 11) is 1.67. The van der Waals surface area contributed by atoms with Crippen LogP contribution in [0, 0.1) is 13.8 Å². The second-order valence-electron chi connectivity index (χ2n) is 6.13. The van der Waals surface area contributed by atoms with Crippen LogP contribution in [-0.2, 0) is 16.0 Å². The molecule has 1 aromatic heterocycles. The maximum Gasteiger partial charge on any atom is 0.340 e. The number of ketones is 1. The molecule has 1 heterocycles. The van der Waals surface area contributed by atoms with Gasteiger partial charge in [0.05, 0.1) is 10.6 Å². The van der Waals surface area contributed by atoms with Gasteiger partial charge in [-0.05, 0) is 50.8 Å². The molecule has 0 amide bonds. The van der Waals surface area contributed by atoms with Crippen molar-refractivity contribution in [3.05, 3.63) is 51.8 Å². The number of ether oxygens (including phenoxy) is 2. The molecule has 0 radical (unpaired) electrons. The summed E-state index contributed by atoms with van der Waals surface area (Å²) in [5.74, 6) is -0.829. The van der Waals surface area contributed by atoms with Crippen LogP contribution in [0.15, 0.2) is 29.2 Å². The lowest BCUT2D eigenvalue weighted by Gasteiger charge is -2.10. The predicted octanol–water partition coefficient (Wildman–Crippen LogP) is 4.56. The molecule has 146 valence electrons. The molecule has 0 spiro atoms. The molecular formula is C20H24ClNO4S. The molecule has 27 heavy (non-hydrogen) atoms. The maximum absolute atomic E-state index is 12.6. The summed E-state index contributed by atoms with van der Waals surface area (Å²) in [6.07, 6.45) is 2.77. The van der Waals surface area contributed by atoms with Crippen molar-refractivity contribution in [2.24, 2.45) is 0 Å². The van der Waals surface area contributed by atoms with E-state index in [1.54, 1.807) is 19.2 Å². The highest BCUT2D eigenvalue weighted by atomic mass is 35.5. The molecule has 0 unspecified atom stereocenters. The zero-order chi connectivity index (χ0) is 20.0. The second-order valence-corrected chi connectivity index (χ2v) is 7.41. The van der Waals surface area contributed by atoms with Gasteiger partial charge in [0, 0.05) is 42.1 Å². The number of thioether (sulfide) groups is 1. The van der Waals surface area contributed by atoms with Crippen LogP contribution in [-0.4, -0.2) is 42.9 Å². The number of carbonyl (C=O) groups is 2. The Bertz CT molecular complexity index is 832. The first-order valence-electron chi connectivity index (χ1n) is 8.58. The number of esters is 1. The van der Waals surface area contributed by atoms with E-state index in [9.17, 15) is 9.59 Å². The summed E-state index contributed by atoms with van der Waals surface area (Å²) < 4.78 is 12.4. The van der Waals surface area contributed by atoms with Gasteiger partial charge in [-0.2, -0.15) is 0 Å². The van der Waals surface area contributed by atoms with Crippen LogP contribution in [0.5, 0.6) is 0 Å². The molecule has 0 aliphatic rings. The van der Waals surface area contributed by atoms with E-state index in [0.29, 0.717) is 17.2 Å². The highest BCUT2D eigenvalue weighted by molar-refractivity contribution is 7.98. The van der Waals surface area contributed by atoms with Crippen molar-refractivity contribution in [2.75, 3.05) is 26.6 Å². The summed E-state index contributed by atoms with van der Waals surface area (Å²) in [4.78, 5) is 25.8. The highest BCUT2D eigenvalue weighted by Crippen LogP contribution is 2.24. The topological polar surface area (TPSA) is 57.5 Å². The molecule has 7 heteroatoms. The molecule has 1 aromatic carbocycles. The fourth-order valence-corrected chi connectivity index (χ4v) is 3.50. The fourth-order valence-electron chi connectivity index (χ4n) is 2.87. The molecule has 2 rings (SSSR count). The predicted molar refractivity (Wildman–Crippen MR) is 108 cm³/mol. The van der Waals surface area contributed by atoms with Crippen molar-refractivity contribution in [3.8, 4) is 0 Å². The Morgan fingerprint density at radius 1 is 1.19 bits per heavy atom. The minimum atomic E-state index is -0.599. The van der Waals surface area contributed by atoms with Crippen LogP contribution in [0.3, 0.4) is 0 Å². The van der Waals surface area contributed by atoms with Crippen molar-refractivity contribution in [3.63, 3.8) is 0 Å². The van der Waals surface area contributed by atoms with Crippen LogP contribution in [0.1, 0.15) is 38.5 Å². The van der Waals surface area contributed by atoms with Crippen molar-refractivity contribution >= 4 is 35.1 Å². The molecule has 2 aromatic rings. The SMILES string of the molecule is COCCCn1c(C)cc(C(=O)COC(=O)c2cc(SC)ccc2Cl)c1C. The molecule has 0 saturated heterocycles. The Morgan fingerprint density at radius 3 is 2.59 bits per heavy atom. The Balaban J connectivity index is 2.05. The zero-order valence-electron chi connectivity index (χ0n) is 16.0. The molecular weight excluding hydrogens is 386 g/mol. The summed E-state index contributed by atoms with van der Waals surface area (Å²) in [6, 6.07) is 6.98. The lowest BCUT2D eigenvalue weighted by molar-refractivity contribution is 0.0474. The number of halogens is 1. The van der Waals surface area contributed by atoms with E-state index in [4.69, 9.17) is 21.1 Å². The minimum absolute atomic E-state index is 0.230. The first kappa shape index (κ1) is 21.5. The first-order chi connectivity index (χ1) is 12.9. The number of aryl methyl sites for hydroxylation is 1. The standard InChI is InChI=1S/C20H24ClNO4S/c1-13-10-16(14(2)22(13)8-5-9-25-3)19(23)12-26-20(24)17-11-15(27-4)6-7-18(17)21/h6-7,10-11H,5,8-9,12H2,1-4H3. The van der Waals surface area contributed by atoms with Crippen molar-refractivity contribution in [1.82, 2.24) is 4.57 Å². The van der Waals surface area contributed by atoms with Gasteiger partial charge < -0.3 is 14.0 Å². The Labute approximate surface area is 169 Å². The van der Waals surface area contributed by atoms with Crippen LogP contribution in [0.2, 0.25) is 5.02 Å². The summed E-state index contributed by atoms with van der Waals surface area (Å²) >= 11 is 7.58. The van der Waals surface area contributed by atoms with E-state index in [0.717, 1.165) is 29.2 Å². The van der Waals surface area contributed by atoms with E-state index in [2.05, 4.69) is 4.57 Å². The smallest absolute Gasteiger partial charge is 0.340 e. The number of nitrogens with zero attached hydrogens (tertiary/aromatic N) is 1. The molecule has 0 bridgehead atoms. The maximum atomic E-state index is 12.6. The van der Waals surface area contributed by atoms with E-state index in [1.165, 1.54) is 11.8 Å². The van der Waals surface area contributed by atoms with E-state index >= 15 is 0 Å².